The maximum Gasteiger partial charge on any atom is 0.252 e. The molecular weight excluding hydrogens is 339 g/mol. The summed E-state index contributed by atoms with van der Waals surface area (Å²) >= 11 is 0. The number of hydrogen-bond donors (Lipinski definition) is 0. The first kappa shape index (κ1) is 17.4. The summed E-state index contributed by atoms with van der Waals surface area (Å²) in [5, 5.41) is 0. The number of benzene rings is 3. The highest BCUT2D eigenvalue weighted by atomic mass is 15.1. The zero-order valence-electron chi connectivity index (χ0n) is 17.9. The van der Waals surface area contributed by atoms with E-state index < -0.39 is 0 Å². The highest BCUT2D eigenvalue weighted by molar-refractivity contribution is 7.00. The molecular formula is C25H27BN2. The van der Waals surface area contributed by atoms with Crippen LogP contribution in [-0.2, 0) is 0 Å². The third-order valence-electron chi connectivity index (χ3n) is 6.92. The monoisotopic (exact) mass is 366 g/mol. The maximum absolute atomic E-state index is 2.42. The molecule has 0 bridgehead atoms. The van der Waals surface area contributed by atoms with Crippen molar-refractivity contribution in [3.8, 4) is 0 Å². The van der Waals surface area contributed by atoms with Gasteiger partial charge in [-0.2, -0.15) is 0 Å². The number of hydrogen-bond acceptors (Lipinski definition) is 2. The third-order valence-corrected chi connectivity index (χ3v) is 6.92. The first-order chi connectivity index (χ1) is 13.3. The van der Waals surface area contributed by atoms with Crippen LogP contribution in [0.5, 0.6) is 0 Å². The predicted octanol–water partition coefficient (Wildman–Crippen LogP) is 3.91. The lowest BCUT2D eigenvalue weighted by molar-refractivity contribution is 1.16. The molecule has 0 atom stereocenters. The van der Waals surface area contributed by atoms with Crippen LogP contribution in [0.15, 0.2) is 36.4 Å². The van der Waals surface area contributed by atoms with Gasteiger partial charge in [0, 0.05) is 36.8 Å². The molecule has 3 heteroatoms. The van der Waals surface area contributed by atoms with Crippen molar-refractivity contribution in [2.24, 2.45) is 0 Å². The standard InChI is InChI=1S/C25H27BN2/c1-14-8-23-25-24(9-14)28(7)22-13-18(5)16(3)11-20(22)26(25)19-10-15(2)17(4)12-21(19)27(23)6/h8-13H,1-7H3. The Kier molecular flexibility index (Phi) is 3.53. The van der Waals surface area contributed by atoms with Crippen molar-refractivity contribution in [2.75, 3.05) is 23.9 Å². The summed E-state index contributed by atoms with van der Waals surface area (Å²) in [5.74, 6) is 0. The van der Waals surface area contributed by atoms with Crippen LogP contribution < -0.4 is 26.2 Å². The molecule has 0 amide bonds. The minimum absolute atomic E-state index is 0.293. The molecule has 2 heterocycles. The topological polar surface area (TPSA) is 6.48 Å². The van der Waals surface area contributed by atoms with Gasteiger partial charge in [0.25, 0.3) is 6.71 Å². The predicted molar refractivity (Wildman–Crippen MR) is 124 cm³/mol. The Balaban J connectivity index is 1.92. The fraction of sp³-hybridized carbons (Fsp3) is 0.280. The summed E-state index contributed by atoms with van der Waals surface area (Å²) in [5.41, 5.74) is 16.4. The van der Waals surface area contributed by atoms with Crippen molar-refractivity contribution >= 4 is 45.9 Å². The van der Waals surface area contributed by atoms with E-state index in [1.54, 1.807) is 0 Å². The fourth-order valence-electron chi connectivity index (χ4n) is 5.04. The maximum atomic E-state index is 2.42. The molecule has 0 saturated carbocycles. The van der Waals surface area contributed by atoms with Crippen molar-refractivity contribution in [2.45, 2.75) is 34.6 Å². The zero-order valence-corrected chi connectivity index (χ0v) is 17.9. The fourth-order valence-corrected chi connectivity index (χ4v) is 5.04. The van der Waals surface area contributed by atoms with Gasteiger partial charge in [-0.15, -0.1) is 0 Å². The number of nitrogens with zero attached hydrogens (tertiary/aromatic N) is 2. The van der Waals surface area contributed by atoms with Crippen LogP contribution in [0.2, 0.25) is 0 Å². The minimum Gasteiger partial charge on any atom is -0.345 e. The van der Waals surface area contributed by atoms with E-state index in [-0.39, 0.29) is 0 Å². The van der Waals surface area contributed by atoms with Crippen LogP contribution in [0.25, 0.3) is 0 Å². The quantitative estimate of drug-likeness (QED) is 0.557. The lowest BCUT2D eigenvalue weighted by atomic mass is 9.33. The summed E-state index contributed by atoms with van der Waals surface area (Å²) in [4.78, 5) is 4.79. The largest absolute Gasteiger partial charge is 0.345 e. The van der Waals surface area contributed by atoms with Gasteiger partial charge in [-0.25, -0.2) is 0 Å². The van der Waals surface area contributed by atoms with Crippen LogP contribution in [0.4, 0.5) is 22.7 Å². The Morgan fingerprint density at radius 3 is 1.36 bits per heavy atom. The molecule has 2 aliphatic rings. The molecule has 28 heavy (non-hydrogen) atoms. The van der Waals surface area contributed by atoms with Gasteiger partial charge in [0.2, 0.25) is 0 Å². The smallest absolute Gasteiger partial charge is 0.252 e. The lowest BCUT2D eigenvalue weighted by Gasteiger charge is -2.42. The average Bonchev–Trinajstić information content (AvgIpc) is 2.65. The highest BCUT2D eigenvalue weighted by Gasteiger charge is 2.41. The molecule has 0 saturated heterocycles. The summed E-state index contributed by atoms with van der Waals surface area (Å²) in [6.07, 6.45) is 0. The number of aryl methyl sites for hydroxylation is 5. The molecule has 0 unspecified atom stereocenters. The summed E-state index contributed by atoms with van der Waals surface area (Å²) in [6, 6.07) is 14.3. The van der Waals surface area contributed by atoms with Crippen LogP contribution in [0, 0.1) is 34.6 Å². The minimum atomic E-state index is 0.293. The summed E-state index contributed by atoms with van der Waals surface area (Å²) < 4.78 is 0. The van der Waals surface area contributed by atoms with Gasteiger partial charge in [0.1, 0.15) is 0 Å². The van der Waals surface area contributed by atoms with Crippen molar-refractivity contribution in [3.63, 3.8) is 0 Å². The Hall–Kier alpha value is -2.68. The second-order valence-corrected chi connectivity index (χ2v) is 8.76. The molecule has 0 radical (unpaired) electrons. The van der Waals surface area contributed by atoms with Crippen molar-refractivity contribution < 1.29 is 0 Å². The third kappa shape index (κ3) is 2.16. The first-order valence-electron chi connectivity index (χ1n) is 10.1. The Morgan fingerprint density at radius 1 is 0.536 bits per heavy atom. The van der Waals surface area contributed by atoms with Gasteiger partial charge in [0.15, 0.2) is 0 Å². The van der Waals surface area contributed by atoms with E-state index in [0.717, 1.165) is 0 Å². The molecule has 0 N–H and O–H groups in total. The van der Waals surface area contributed by atoms with Crippen molar-refractivity contribution in [1.29, 1.82) is 0 Å². The molecule has 0 spiro atoms. The van der Waals surface area contributed by atoms with Crippen molar-refractivity contribution in [3.05, 3.63) is 64.2 Å². The highest BCUT2D eigenvalue weighted by Crippen LogP contribution is 2.37. The molecule has 2 aliphatic heterocycles. The molecule has 3 aromatic rings. The van der Waals surface area contributed by atoms with E-state index in [9.17, 15) is 0 Å². The van der Waals surface area contributed by atoms with Crippen LogP contribution in [-0.4, -0.2) is 20.8 Å². The van der Waals surface area contributed by atoms with Gasteiger partial charge < -0.3 is 9.80 Å². The van der Waals surface area contributed by atoms with Gasteiger partial charge >= 0.3 is 0 Å². The number of anilines is 4. The first-order valence-corrected chi connectivity index (χ1v) is 10.1. The molecule has 0 fully saturated rings. The summed E-state index contributed by atoms with van der Waals surface area (Å²) in [7, 11) is 4.43. The van der Waals surface area contributed by atoms with E-state index in [0.29, 0.717) is 6.71 Å². The molecule has 0 aliphatic carbocycles. The van der Waals surface area contributed by atoms with Gasteiger partial charge in [-0.1, -0.05) is 12.1 Å². The zero-order chi connectivity index (χ0) is 19.9. The van der Waals surface area contributed by atoms with E-state index >= 15 is 0 Å². The Morgan fingerprint density at radius 2 is 0.929 bits per heavy atom. The number of fused-ring (bicyclic) bond motifs is 4. The second kappa shape index (κ2) is 5.67. The molecule has 5 rings (SSSR count). The molecule has 140 valence electrons. The Labute approximate surface area is 168 Å². The summed E-state index contributed by atoms with van der Waals surface area (Å²) in [6.45, 7) is 11.4. The van der Waals surface area contributed by atoms with E-state index in [2.05, 4.69) is 94.9 Å². The van der Waals surface area contributed by atoms with Crippen LogP contribution in [0.3, 0.4) is 0 Å². The van der Waals surface area contributed by atoms with Crippen molar-refractivity contribution in [1.82, 2.24) is 0 Å². The van der Waals surface area contributed by atoms with E-state index in [4.69, 9.17) is 0 Å². The molecule has 2 nitrogen and oxygen atoms in total. The van der Waals surface area contributed by atoms with Gasteiger partial charge in [-0.3, -0.25) is 0 Å². The van der Waals surface area contributed by atoms with E-state index in [1.807, 2.05) is 0 Å². The molecule has 0 aromatic heterocycles. The average molecular weight is 366 g/mol. The van der Waals surface area contributed by atoms with Crippen LogP contribution >= 0.6 is 0 Å². The lowest BCUT2D eigenvalue weighted by Crippen LogP contribution is -2.61. The normalized spacial score (nSPS) is 14.0. The second-order valence-electron chi connectivity index (χ2n) is 8.76. The molecule has 3 aromatic carbocycles. The van der Waals surface area contributed by atoms with Crippen LogP contribution in [0.1, 0.15) is 27.8 Å². The SMILES string of the molecule is Cc1cc2c3c(c1)N(C)c1cc(C)c(C)cc1B3c1cc(C)c(C)cc1N2C. The Bertz CT molecular complexity index is 1080. The van der Waals surface area contributed by atoms with Gasteiger partial charge in [0.05, 0.1) is 0 Å². The van der Waals surface area contributed by atoms with E-state index in [1.165, 1.54) is 67.0 Å². The van der Waals surface area contributed by atoms with Gasteiger partial charge in [-0.05, 0) is 103 Å². The number of rotatable bonds is 0.